The standard InChI is InChI=1S/C35H43N5O5/c1-20-25(21-9-11-22(12-10-21)31(42)37-19-34(2,3)4)17-24(18-36-20)38-32(43)26-15-23(35(5,6)7)16-28(30(26)45-8)40-33(44)27-13-14-29(41)39-27/h9-12,15-18,27H,13-14,19H2,1-8H3,(H,37,42)(H,38,43)(H,39,41)(H,40,44). The molecule has 1 saturated heterocycles. The van der Waals surface area contributed by atoms with Crippen LogP contribution in [-0.4, -0.2) is 48.3 Å². The van der Waals surface area contributed by atoms with Crippen molar-refractivity contribution in [2.75, 3.05) is 24.3 Å². The number of aromatic nitrogens is 1. The number of carbonyl (C=O) groups excluding carboxylic acids is 4. The fourth-order valence-corrected chi connectivity index (χ4v) is 4.91. The Labute approximate surface area is 264 Å². The van der Waals surface area contributed by atoms with Crippen LogP contribution in [0.25, 0.3) is 11.1 Å². The van der Waals surface area contributed by atoms with E-state index in [4.69, 9.17) is 4.74 Å². The number of nitrogens with zero attached hydrogens (tertiary/aromatic N) is 1. The number of anilines is 2. The smallest absolute Gasteiger partial charge is 0.259 e. The van der Waals surface area contributed by atoms with E-state index in [0.717, 1.165) is 22.4 Å². The first-order chi connectivity index (χ1) is 21.1. The molecule has 0 saturated carbocycles. The molecule has 0 bridgehead atoms. The SMILES string of the molecule is COc1c(NC(=O)C2CCC(=O)N2)cc(C(C)(C)C)cc1C(=O)Nc1cnc(C)c(-c2ccc(C(=O)NCC(C)(C)C)cc2)c1. The first-order valence-corrected chi connectivity index (χ1v) is 15.0. The number of carbonyl (C=O) groups is 4. The highest BCUT2D eigenvalue weighted by molar-refractivity contribution is 6.09. The molecule has 0 spiro atoms. The van der Waals surface area contributed by atoms with Gasteiger partial charge in [0, 0.05) is 29.8 Å². The lowest BCUT2D eigenvalue weighted by atomic mass is 9.85. The van der Waals surface area contributed by atoms with Crippen molar-refractivity contribution in [1.82, 2.24) is 15.6 Å². The molecule has 3 aromatic rings. The van der Waals surface area contributed by atoms with Gasteiger partial charge in [-0.1, -0.05) is 53.7 Å². The Balaban J connectivity index is 1.60. The summed E-state index contributed by atoms with van der Waals surface area (Å²) in [4.78, 5) is 55.5. The molecule has 238 valence electrons. The molecule has 4 rings (SSSR count). The molecule has 1 aliphatic rings. The predicted molar refractivity (Wildman–Crippen MR) is 176 cm³/mol. The Hall–Kier alpha value is -4.73. The van der Waals surface area contributed by atoms with Crippen molar-refractivity contribution in [3.05, 3.63) is 71.0 Å². The van der Waals surface area contributed by atoms with Crippen LogP contribution in [0.15, 0.2) is 48.7 Å². The Kier molecular flexibility index (Phi) is 9.65. The van der Waals surface area contributed by atoms with Gasteiger partial charge in [-0.05, 0) is 65.6 Å². The molecular weight excluding hydrogens is 570 g/mol. The molecule has 1 aromatic heterocycles. The van der Waals surface area contributed by atoms with E-state index in [-0.39, 0.29) is 46.3 Å². The normalized spacial score (nSPS) is 14.8. The first kappa shape index (κ1) is 33.2. The van der Waals surface area contributed by atoms with Crippen LogP contribution >= 0.6 is 0 Å². The second kappa shape index (κ2) is 13.1. The lowest BCUT2D eigenvalue weighted by molar-refractivity contribution is -0.122. The van der Waals surface area contributed by atoms with Crippen molar-refractivity contribution >= 4 is 35.0 Å². The quantitative estimate of drug-likeness (QED) is 0.261. The van der Waals surface area contributed by atoms with E-state index in [1.54, 1.807) is 30.5 Å². The number of hydrogen-bond acceptors (Lipinski definition) is 6. The molecule has 0 aliphatic carbocycles. The van der Waals surface area contributed by atoms with Crippen LogP contribution in [0.3, 0.4) is 0 Å². The average Bonchev–Trinajstić information content (AvgIpc) is 3.42. The third-order valence-electron chi connectivity index (χ3n) is 7.56. The van der Waals surface area contributed by atoms with E-state index in [1.165, 1.54) is 7.11 Å². The minimum Gasteiger partial charge on any atom is -0.494 e. The van der Waals surface area contributed by atoms with Crippen molar-refractivity contribution in [3.63, 3.8) is 0 Å². The van der Waals surface area contributed by atoms with Gasteiger partial charge in [-0.2, -0.15) is 0 Å². The van der Waals surface area contributed by atoms with Crippen LogP contribution in [0.2, 0.25) is 0 Å². The van der Waals surface area contributed by atoms with Crippen LogP contribution in [-0.2, 0) is 15.0 Å². The van der Waals surface area contributed by atoms with E-state index >= 15 is 0 Å². The summed E-state index contributed by atoms with van der Waals surface area (Å²) >= 11 is 0. The zero-order chi connectivity index (χ0) is 33.1. The highest BCUT2D eigenvalue weighted by atomic mass is 16.5. The molecule has 0 radical (unpaired) electrons. The fourth-order valence-electron chi connectivity index (χ4n) is 4.91. The molecule has 1 unspecified atom stereocenters. The summed E-state index contributed by atoms with van der Waals surface area (Å²) in [5, 5.41) is 11.4. The van der Waals surface area contributed by atoms with Crippen molar-refractivity contribution in [2.45, 2.75) is 72.8 Å². The Morgan fingerprint density at radius 3 is 2.24 bits per heavy atom. The van der Waals surface area contributed by atoms with E-state index in [2.05, 4.69) is 47.0 Å². The van der Waals surface area contributed by atoms with Gasteiger partial charge in [-0.15, -0.1) is 0 Å². The third kappa shape index (κ3) is 8.26. The minimum absolute atomic E-state index is 0.0224. The zero-order valence-electron chi connectivity index (χ0n) is 27.3. The predicted octanol–water partition coefficient (Wildman–Crippen LogP) is 5.61. The Morgan fingerprint density at radius 1 is 0.978 bits per heavy atom. The maximum absolute atomic E-state index is 13.8. The fraction of sp³-hybridized carbons (Fsp3) is 0.400. The van der Waals surface area contributed by atoms with Gasteiger partial charge >= 0.3 is 0 Å². The summed E-state index contributed by atoms with van der Waals surface area (Å²) in [6.07, 6.45) is 2.26. The maximum atomic E-state index is 13.8. The van der Waals surface area contributed by atoms with Crippen molar-refractivity contribution in [3.8, 4) is 16.9 Å². The lowest BCUT2D eigenvalue weighted by Gasteiger charge is -2.24. The number of ether oxygens (including phenoxy) is 1. The van der Waals surface area contributed by atoms with Gasteiger partial charge in [-0.3, -0.25) is 24.2 Å². The largest absolute Gasteiger partial charge is 0.494 e. The van der Waals surface area contributed by atoms with Gasteiger partial charge in [-0.25, -0.2) is 0 Å². The molecule has 1 fully saturated rings. The molecule has 2 heterocycles. The number of amides is 4. The van der Waals surface area contributed by atoms with E-state index in [1.807, 2.05) is 45.9 Å². The second-order valence-electron chi connectivity index (χ2n) is 13.6. The van der Waals surface area contributed by atoms with Crippen molar-refractivity contribution < 1.29 is 23.9 Å². The van der Waals surface area contributed by atoms with Gasteiger partial charge in [0.1, 0.15) is 6.04 Å². The summed E-state index contributed by atoms with van der Waals surface area (Å²) in [6, 6.07) is 12.0. The zero-order valence-corrected chi connectivity index (χ0v) is 27.3. The summed E-state index contributed by atoms with van der Waals surface area (Å²) in [6.45, 7) is 14.6. The highest BCUT2D eigenvalue weighted by Crippen LogP contribution is 2.36. The van der Waals surface area contributed by atoms with Gasteiger partial charge in [0.2, 0.25) is 11.8 Å². The topological polar surface area (TPSA) is 139 Å². The Morgan fingerprint density at radius 2 is 1.67 bits per heavy atom. The summed E-state index contributed by atoms with van der Waals surface area (Å²) in [7, 11) is 1.44. The third-order valence-corrected chi connectivity index (χ3v) is 7.56. The molecule has 4 N–H and O–H groups in total. The monoisotopic (exact) mass is 613 g/mol. The minimum atomic E-state index is -0.651. The van der Waals surface area contributed by atoms with Crippen LogP contribution in [0.1, 0.15) is 86.4 Å². The summed E-state index contributed by atoms with van der Waals surface area (Å²) in [5.74, 6) is -0.915. The molecule has 2 aromatic carbocycles. The molecular formula is C35H43N5O5. The van der Waals surface area contributed by atoms with Crippen LogP contribution < -0.4 is 26.0 Å². The number of hydrogen-bond donors (Lipinski definition) is 4. The molecule has 1 atom stereocenters. The average molecular weight is 614 g/mol. The number of methoxy groups -OCH3 is 1. The number of pyridine rings is 1. The molecule has 1 aliphatic heterocycles. The van der Waals surface area contributed by atoms with Crippen LogP contribution in [0.5, 0.6) is 5.75 Å². The number of rotatable bonds is 8. The van der Waals surface area contributed by atoms with E-state index < -0.39 is 11.9 Å². The highest BCUT2D eigenvalue weighted by Gasteiger charge is 2.30. The number of benzene rings is 2. The van der Waals surface area contributed by atoms with Crippen molar-refractivity contribution in [2.24, 2.45) is 5.41 Å². The van der Waals surface area contributed by atoms with Gasteiger partial charge in [0.15, 0.2) is 5.75 Å². The van der Waals surface area contributed by atoms with Crippen molar-refractivity contribution in [1.29, 1.82) is 0 Å². The molecule has 10 heteroatoms. The summed E-state index contributed by atoms with van der Waals surface area (Å²) in [5.41, 5.74) is 4.46. The van der Waals surface area contributed by atoms with Gasteiger partial charge < -0.3 is 26.0 Å². The van der Waals surface area contributed by atoms with Crippen LogP contribution in [0, 0.1) is 12.3 Å². The second-order valence-corrected chi connectivity index (χ2v) is 13.6. The number of aryl methyl sites for hydroxylation is 1. The van der Waals surface area contributed by atoms with Crippen LogP contribution in [0.4, 0.5) is 11.4 Å². The summed E-state index contributed by atoms with van der Waals surface area (Å²) < 4.78 is 5.65. The lowest BCUT2D eigenvalue weighted by Crippen LogP contribution is -2.37. The Bertz CT molecular complexity index is 1620. The van der Waals surface area contributed by atoms with E-state index in [9.17, 15) is 19.2 Å². The van der Waals surface area contributed by atoms with Gasteiger partial charge in [0.25, 0.3) is 11.8 Å². The first-order valence-electron chi connectivity index (χ1n) is 15.0. The molecule has 45 heavy (non-hydrogen) atoms. The molecule has 4 amide bonds. The van der Waals surface area contributed by atoms with Gasteiger partial charge in [0.05, 0.1) is 30.2 Å². The van der Waals surface area contributed by atoms with E-state index in [0.29, 0.717) is 29.9 Å². The number of nitrogens with one attached hydrogen (secondary N) is 4. The molecule has 10 nitrogen and oxygen atoms in total. The maximum Gasteiger partial charge on any atom is 0.259 e.